The molecule has 1 heterocycles. The number of hydrogen-bond donors (Lipinski definition) is 2. The van der Waals surface area contributed by atoms with Gasteiger partial charge in [-0.25, -0.2) is 0 Å². The number of nitrogens with zero attached hydrogens (tertiary/aromatic N) is 2. The van der Waals surface area contributed by atoms with Crippen molar-refractivity contribution >= 4 is 0 Å². The first-order valence-corrected chi connectivity index (χ1v) is 6.68. The molecule has 0 fully saturated rings. The number of nitrogens with one attached hydrogen (secondary N) is 1. The van der Waals surface area contributed by atoms with Gasteiger partial charge in [0.2, 0.25) is 0 Å². The predicted molar refractivity (Wildman–Crippen MR) is 77.5 cm³/mol. The van der Waals surface area contributed by atoms with Crippen molar-refractivity contribution in [2.45, 2.75) is 32.7 Å². The Bertz CT molecular complexity index is 528. The van der Waals surface area contributed by atoms with E-state index in [4.69, 9.17) is 5.84 Å². The quantitative estimate of drug-likeness (QED) is 0.637. The molecule has 2 rings (SSSR count). The number of nitrogens with two attached hydrogens (primary N) is 1. The average Bonchev–Trinajstić information content (AvgIpc) is 2.75. The maximum Gasteiger partial charge on any atom is 0.0642 e. The lowest BCUT2D eigenvalue weighted by Crippen LogP contribution is -2.29. The van der Waals surface area contributed by atoms with Gasteiger partial charge in [-0.3, -0.25) is 16.0 Å². The molecule has 1 atom stereocenters. The first kappa shape index (κ1) is 13.8. The maximum absolute atomic E-state index is 5.70. The van der Waals surface area contributed by atoms with E-state index >= 15 is 0 Å². The lowest BCUT2D eigenvalue weighted by molar-refractivity contribution is 0.549. The average molecular weight is 258 g/mol. The van der Waals surface area contributed by atoms with Gasteiger partial charge < -0.3 is 0 Å². The molecule has 0 amide bonds. The summed E-state index contributed by atoms with van der Waals surface area (Å²) in [6.07, 6.45) is 3.97. The van der Waals surface area contributed by atoms with Crippen LogP contribution in [-0.2, 0) is 19.9 Å². The van der Waals surface area contributed by atoms with E-state index in [1.165, 1.54) is 11.1 Å². The minimum atomic E-state index is 0.0983. The molecule has 0 radical (unpaired) electrons. The number of hydrazine groups is 1. The van der Waals surface area contributed by atoms with Crippen molar-refractivity contribution in [3.05, 3.63) is 52.8 Å². The zero-order valence-electron chi connectivity index (χ0n) is 11.9. The molecule has 0 saturated heterocycles. The van der Waals surface area contributed by atoms with Gasteiger partial charge in [-0.1, -0.05) is 31.2 Å². The van der Waals surface area contributed by atoms with Crippen LogP contribution in [-0.4, -0.2) is 9.78 Å². The molecule has 4 heteroatoms. The van der Waals surface area contributed by atoms with Gasteiger partial charge in [-0.2, -0.15) is 5.10 Å². The molecule has 1 aromatic heterocycles. The SMILES string of the molecule is CCc1ccc(CC(NN)c2cn(C)nc2C)cc1. The molecular formula is C15H22N4. The van der Waals surface area contributed by atoms with Crippen LogP contribution in [0.2, 0.25) is 0 Å². The topological polar surface area (TPSA) is 55.9 Å². The molecule has 0 spiro atoms. The van der Waals surface area contributed by atoms with E-state index in [0.29, 0.717) is 0 Å². The summed E-state index contributed by atoms with van der Waals surface area (Å²) in [5.41, 5.74) is 7.72. The molecule has 102 valence electrons. The van der Waals surface area contributed by atoms with Gasteiger partial charge in [0.25, 0.3) is 0 Å². The Hall–Kier alpha value is -1.65. The number of aryl methyl sites for hydroxylation is 3. The second-order valence-electron chi connectivity index (χ2n) is 4.94. The molecule has 2 aromatic rings. The van der Waals surface area contributed by atoms with E-state index in [1.807, 2.05) is 24.9 Å². The van der Waals surface area contributed by atoms with Crippen LogP contribution in [0.4, 0.5) is 0 Å². The van der Waals surface area contributed by atoms with Gasteiger partial charge >= 0.3 is 0 Å². The van der Waals surface area contributed by atoms with Crippen molar-refractivity contribution in [1.82, 2.24) is 15.2 Å². The number of benzene rings is 1. The van der Waals surface area contributed by atoms with E-state index < -0.39 is 0 Å². The Labute approximate surface area is 114 Å². The van der Waals surface area contributed by atoms with Gasteiger partial charge in [0.15, 0.2) is 0 Å². The molecule has 0 saturated carbocycles. The van der Waals surface area contributed by atoms with Gasteiger partial charge in [0.05, 0.1) is 11.7 Å². The van der Waals surface area contributed by atoms with Gasteiger partial charge in [0, 0.05) is 18.8 Å². The van der Waals surface area contributed by atoms with Crippen molar-refractivity contribution in [2.24, 2.45) is 12.9 Å². The first-order valence-electron chi connectivity index (χ1n) is 6.68. The molecule has 3 N–H and O–H groups in total. The van der Waals surface area contributed by atoms with Crippen LogP contribution in [0.1, 0.15) is 35.3 Å². The van der Waals surface area contributed by atoms with Crippen LogP contribution >= 0.6 is 0 Å². The third kappa shape index (κ3) is 3.22. The normalized spacial score (nSPS) is 12.6. The zero-order valence-corrected chi connectivity index (χ0v) is 11.9. The molecule has 4 nitrogen and oxygen atoms in total. The summed E-state index contributed by atoms with van der Waals surface area (Å²) >= 11 is 0. The summed E-state index contributed by atoms with van der Waals surface area (Å²) in [5, 5.41) is 4.37. The fourth-order valence-electron chi connectivity index (χ4n) is 2.37. The van der Waals surface area contributed by atoms with Crippen LogP contribution < -0.4 is 11.3 Å². The van der Waals surface area contributed by atoms with Crippen molar-refractivity contribution in [3.8, 4) is 0 Å². The zero-order chi connectivity index (χ0) is 13.8. The highest BCUT2D eigenvalue weighted by Gasteiger charge is 2.15. The van der Waals surface area contributed by atoms with Crippen molar-refractivity contribution < 1.29 is 0 Å². The highest BCUT2D eigenvalue weighted by Crippen LogP contribution is 2.20. The third-order valence-corrected chi connectivity index (χ3v) is 3.50. The van der Waals surface area contributed by atoms with Crippen LogP contribution in [0.3, 0.4) is 0 Å². The van der Waals surface area contributed by atoms with Crippen LogP contribution in [0.15, 0.2) is 30.5 Å². The number of aromatic nitrogens is 2. The van der Waals surface area contributed by atoms with Crippen LogP contribution in [0.25, 0.3) is 0 Å². The number of rotatable bonds is 5. The third-order valence-electron chi connectivity index (χ3n) is 3.50. The highest BCUT2D eigenvalue weighted by atomic mass is 15.3. The predicted octanol–water partition coefficient (Wildman–Crippen LogP) is 2.04. The minimum absolute atomic E-state index is 0.0983. The molecule has 0 aliphatic carbocycles. The highest BCUT2D eigenvalue weighted by molar-refractivity contribution is 5.27. The largest absolute Gasteiger partial charge is 0.275 e. The summed E-state index contributed by atoms with van der Waals surface area (Å²) in [6, 6.07) is 8.81. The standard InChI is InChI=1S/C15H22N4/c1-4-12-5-7-13(8-6-12)9-15(17-16)14-10-19(3)18-11(14)2/h5-8,10,15,17H,4,9,16H2,1-3H3. The monoisotopic (exact) mass is 258 g/mol. The van der Waals surface area contributed by atoms with Crippen molar-refractivity contribution in [3.63, 3.8) is 0 Å². The summed E-state index contributed by atoms with van der Waals surface area (Å²) in [5.74, 6) is 5.70. The summed E-state index contributed by atoms with van der Waals surface area (Å²) in [4.78, 5) is 0. The van der Waals surface area contributed by atoms with E-state index in [-0.39, 0.29) is 6.04 Å². The Morgan fingerprint density at radius 2 is 1.89 bits per heavy atom. The molecule has 1 aromatic carbocycles. The molecule has 0 bridgehead atoms. The summed E-state index contributed by atoms with van der Waals surface area (Å²) in [6.45, 7) is 4.18. The Morgan fingerprint density at radius 1 is 1.26 bits per heavy atom. The fraction of sp³-hybridized carbons (Fsp3) is 0.400. The summed E-state index contributed by atoms with van der Waals surface area (Å²) < 4.78 is 1.83. The lowest BCUT2D eigenvalue weighted by atomic mass is 9.99. The molecule has 0 aliphatic rings. The Balaban J connectivity index is 2.16. The Kier molecular flexibility index (Phi) is 4.35. The number of hydrogen-bond acceptors (Lipinski definition) is 3. The summed E-state index contributed by atoms with van der Waals surface area (Å²) in [7, 11) is 1.93. The van der Waals surface area contributed by atoms with Crippen LogP contribution in [0, 0.1) is 6.92 Å². The minimum Gasteiger partial charge on any atom is -0.275 e. The van der Waals surface area contributed by atoms with Gasteiger partial charge in [-0.05, 0) is 30.9 Å². The van der Waals surface area contributed by atoms with Gasteiger partial charge in [0.1, 0.15) is 0 Å². The van der Waals surface area contributed by atoms with Crippen LogP contribution in [0.5, 0.6) is 0 Å². The maximum atomic E-state index is 5.70. The molecular weight excluding hydrogens is 236 g/mol. The molecule has 19 heavy (non-hydrogen) atoms. The van der Waals surface area contributed by atoms with E-state index in [0.717, 1.165) is 24.1 Å². The molecule has 0 aliphatic heterocycles. The van der Waals surface area contributed by atoms with Crippen molar-refractivity contribution in [2.75, 3.05) is 0 Å². The second kappa shape index (κ2) is 5.99. The second-order valence-corrected chi connectivity index (χ2v) is 4.94. The van der Waals surface area contributed by atoms with E-state index in [2.05, 4.69) is 41.7 Å². The first-order chi connectivity index (χ1) is 9.13. The smallest absolute Gasteiger partial charge is 0.0642 e. The molecule has 1 unspecified atom stereocenters. The van der Waals surface area contributed by atoms with E-state index in [9.17, 15) is 0 Å². The Morgan fingerprint density at radius 3 is 2.37 bits per heavy atom. The fourth-order valence-corrected chi connectivity index (χ4v) is 2.37. The van der Waals surface area contributed by atoms with E-state index in [1.54, 1.807) is 0 Å². The lowest BCUT2D eigenvalue weighted by Gasteiger charge is -2.15. The van der Waals surface area contributed by atoms with Gasteiger partial charge in [-0.15, -0.1) is 0 Å². The van der Waals surface area contributed by atoms with Crippen molar-refractivity contribution in [1.29, 1.82) is 0 Å².